The molecule has 3 aliphatic rings. The first-order valence-electron chi connectivity index (χ1n) is 13.3. The number of Topliss-reactive ketones (excluding diaryl/α,β-unsaturated/α-hetero) is 1. The first-order valence-corrected chi connectivity index (χ1v) is 13.3. The molecule has 33 heavy (non-hydrogen) atoms. The number of ether oxygens (including phenoxy) is 3. The molecule has 0 radical (unpaired) electrons. The van der Waals surface area contributed by atoms with Crippen LogP contribution in [0.25, 0.3) is 0 Å². The van der Waals surface area contributed by atoms with Crippen LogP contribution in [0.3, 0.4) is 0 Å². The van der Waals surface area contributed by atoms with E-state index in [1.807, 2.05) is 0 Å². The van der Waals surface area contributed by atoms with Crippen LogP contribution in [0.2, 0.25) is 0 Å². The molecular formula is C28H44NO4+. The van der Waals surface area contributed by atoms with E-state index in [0.29, 0.717) is 23.9 Å². The lowest BCUT2D eigenvalue weighted by atomic mass is 9.84. The predicted octanol–water partition coefficient (Wildman–Crippen LogP) is 6.37. The first-order chi connectivity index (χ1) is 16.0. The highest BCUT2D eigenvalue weighted by Crippen LogP contribution is 2.51. The zero-order valence-electron chi connectivity index (χ0n) is 21.1. The van der Waals surface area contributed by atoms with Crippen molar-refractivity contribution < 1.29 is 23.5 Å². The summed E-state index contributed by atoms with van der Waals surface area (Å²) < 4.78 is 18.1. The second-order valence-corrected chi connectivity index (χ2v) is 11.1. The van der Waals surface area contributed by atoms with Gasteiger partial charge in [-0.3, -0.25) is 4.79 Å². The average Bonchev–Trinajstić information content (AvgIpc) is 3.24. The number of carbonyl (C=O) groups excluding carboxylic acids is 1. The van der Waals surface area contributed by atoms with Gasteiger partial charge in [0, 0.05) is 12.8 Å². The van der Waals surface area contributed by atoms with E-state index < -0.39 is 0 Å². The Labute approximate surface area is 200 Å². The van der Waals surface area contributed by atoms with Gasteiger partial charge in [0.05, 0.1) is 39.7 Å². The van der Waals surface area contributed by atoms with Gasteiger partial charge in [-0.15, -0.1) is 0 Å². The van der Waals surface area contributed by atoms with E-state index in [9.17, 15) is 4.79 Å². The quantitative estimate of drug-likeness (QED) is 0.481. The molecule has 1 aliphatic carbocycles. The number of carbonyl (C=O) groups is 1. The zero-order valence-corrected chi connectivity index (χ0v) is 21.1. The summed E-state index contributed by atoms with van der Waals surface area (Å²) in [5.41, 5.74) is 2.40. The summed E-state index contributed by atoms with van der Waals surface area (Å²) in [4.78, 5) is 13.5. The van der Waals surface area contributed by atoms with Crippen LogP contribution in [0, 0.1) is 5.92 Å². The highest BCUT2D eigenvalue weighted by molar-refractivity contribution is 5.80. The van der Waals surface area contributed by atoms with Gasteiger partial charge in [-0.1, -0.05) is 70.6 Å². The van der Waals surface area contributed by atoms with Gasteiger partial charge in [0.25, 0.3) is 0 Å². The molecule has 1 fully saturated rings. The molecule has 0 spiro atoms. The largest absolute Gasteiger partial charge is 0.492 e. The topological polar surface area (TPSA) is 44.8 Å². The van der Waals surface area contributed by atoms with Gasteiger partial charge < -0.3 is 18.7 Å². The molecule has 1 aromatic rings. The fraction of sp³-hybridized carbons (Fsp3) is 0.750. The Morgan fingerprint density at radius 1 is 0.970 bits per heavy atom. The van der Waals surface area contributed by atoms with Crippen molar-refractivity contribution in [3.05, 3.63) is 17.2 Å². The van der Waals surface area contributed by atoms with Crippen LogP contribution >= 0.6 is 0 Å². The third kappa shape index (κ3) is 5.85. The van der Waals surface area contributed by atoms with Gasteiger partial charge in [-0.2, -0.15) is 0 Å². The minimum Gasteiger partial charge on any atom is -0.492 e. The van der Waals surface area contributed by atoms with Gasteiger partial charge in [0.15, 0.2) is 11.5 Å². The van der Waals surface area contributed by atoms with E-state index in [1.165, 1.54) is 76.2 Å². The molecule has 1 saturated carbocycles. The Kier molecular flexibility index (Phi) is 8.21. The van der Waals surface area contributed by atoms with Crippen LogP contribution in [-0.2, 0) is 11.2 Å². The van der Waals surface area contributed by atoms with Crippen LogP contribution in [0.15, 0.2) is 6.07 Å². The monoisotopic (exact) mass is 458 g/mol. The van der Waals surface area contributed by atoms with Crippen molar-refractivity contribution in [2.24, 2.45) is 5.92 Å². The normalized spacial score (nSPS) is 23.8. The molecule has 0 N–H and O–H groups in total. The maximum atomic E-state index is 13.5. The summed E-state index contributed by atoms with van der Waals surface area (Å²) in [6.07, 6.45) is 16.8. The molecule has 0 saturated heterocycles. The number of hydrogen-bond acceptors (Lipinski definition) is 4. The van der Waals surface area contributed by atoms with Gasteiger partial charge in [0.2, 0.25) is 12.5 Å². The number of methoxy groups -OCH3 is 1. The van der Waals surface area contributed by atoms with E-state index in [-0.39, 0.29) is 12.8 Å². The van der Waals surface area contributed by atoms with Gasteiger partial charge in [0.1, 0.15) is 11.8 Å². The number of quaternary nitrogens is 1. The number of likely N-dealkylation sites (N-methyl/N-ethyl adjacent to an activating group) is 1. The van der Waals surface area contributed by atoms with Crippen LogP contribution < -0.4 is 14.2 Å². The molecule has 2 heterocycles. The minimum absolute atomic E-state index is 0.0944. The van der Waals surface area contributed by atoms with Crippen molar-refractivity contribution in [2.75, 3.05) is 34.5 Å². The van der Waals surface area contributed by atoms with Crippen LogP contribution in [0.5, 0.6) is 17.2 Å². The molecule has 0 bridgehead atoms. The fourth-order valence-electron chi connectivity index (χ4n) is 6.19. The van der Waals surface area contributed by atoms with Gasteiger partial charge >= 0.3 is 0 Å². The highest BCUT2D eigenvalue weighted by atomic mass is 16.7. The molecule has 1 atom stereocenters. The van der Waals surface area contributed by atoms with E-state index in [0.717, 1.165) is 40.9 Å². The molecule has 2 aliphatic heterocycles. The summed E-state index contributed by atoms with van der Waals surface area (Å²) in [5.74, 6) is 3.21. The van der Waals surface area contributed by atoms with E-state index in [4.69, 9.17) is 14.2 Å². The SMILES string of the molecule is COc1c2c(cc3c1[C@@H](CC(=O)CC1CCCCCCCCCCC1)[N+](C)(C)CC3)OCO2. The Bertz CT molecular complexity index is 807. The lowest BCUT2D eigenvalue weighted by Crippen LogP contribution is -2.48. The minimum atomic E-state index is 0.0944. The van der Waals surface area contributed by atoms with E-state index >= 15 is 0 Å². The number of rotatable bonds is 5. The molecule has 5 heteroatoms. The third-order valence-electron chi connectivity index (χ3n) is 8.24. The van der Waals surface area contributed by atoms with Crippen molar-refractivity contribution in [3.63, 3.8) is 0 Å². The van der Waals surface area contributed by atoms with Crippen molar-refractivity contribution in [3.8, 4) is 17.2 Å². The summed E-state index contributed by atoms with van der Waals surface area (Å²) in [6, 6.07) is 2.21. The Hall–Kier alpha value is -1.75. The van der Waals surface area contributed by atoms with Crippen LogP contribution in [-0.4, -0.2) is 44.8 Å². The molecular weight excluding hydrogens is 414 g/mol. The predicted molar refractivity (Wildman–Crippen MR) is 131 cm³/mol. The number of hydrogen-bond donors (Lipinski definition) is 0. The van der Waals surface area contributed by atoms with Crippen molar-refractivity contribution in [2.45, 2.75) is 95.9 Å². The third-order valence-corrected chi connectivity index (χ3v) is 8.24. The van der Waals surface area contributed by atoms with Crippen molar-refractivity contribution in [1.82, 2.24) is 0 Å². The van der Waals surface area contributed by atoms with Crippen molar-refractivity contribution in [1.29, 1.82) is 0 Å². The molecule has 4 rings (SSSR count). The van der Waals surface area contributed by atoms with E-state index in [2.05, 4.69) is 20.2 Å². The molecule has 184 valence electrons. The molecule has 1 aromatic carbocycles. The van der Waals surface area contributed by atoms with Crippen LogP contribution in [0.4, 0.5) is 0 Å². The van der Waals surface area contributed by atoms with Gasteiger partial charge in [-0.25, -0.2) is 0 Å². The summed E-state index contributed by atoms with van der Waals surface area (Å²) in [5, 5.41) is 0. The van der Waals surface area contributed by atoms with Crippen molar-refractivity contribution >= 4 is 5.78 Å². The maximum Gasteiger partial charge on any atom is 0.231 e. The lowest BCUT2D eigenvalue weighted by Gasteiger charge is -2.43. The van der Waals surface area contributed by atoms with Crippen LogP contribution in [0.1, 0.15) is 101 Å². The number of fused-ring (bicyclic) bond motifs is 2. The first kappa shape index (κ1) is 24.4. The Balaban J connectivity index is 1.48. The summed E-state index contributed by atoms with van der Waals surface area (Å²) in [6.45, 7) is 1.25. The zero-order chi connectivity index (χ0) is 23.3. The second-order valence-electron chi connectivity index (χ2n) is 11.1. The number of benzene rings is 1. The van der Waals surface area contributed by atoms with E-state index in [1.54, 1.807) is 7.11 Å². The second kappa shape index (κ2) is 11.1. The lowest BCUT2D eigenvalue weighted by molar-refractivity contribution is -0.922. The summed E-state index contributed by atoms with van der Waals surface area (Å²) in [7, 11) is 6.21. The fourth-order valence-corrected chi connectivity index (χ4v) is 6.19. The average molecular weight is 459 g/mol. The Morgan fingerprint density at radius 3 is 2.24 bits per heavy atom. The molecule has 0 unspecified atom stereocenters. The molecule has 0 amide bonds. The maximum absolute atomic E-state index is 13.5. The smallest absolute Gasteiger partial charge is 0.231 e. The van der Waals surface area contributed by atoms with Gasteiger partial charge in [-0.05, 0) is 17.5 Å². The summed E-state index contributed by atoms with van der Waals surface area (Å²) >= 11 is 0. The molecule has 5 nitrogen and oxygen atoms in total. The standard InChI is InChI=1S/C28H44NO4/c1-29(2)16-15-22-18-25-27(33-20-32-25)28(31-3)26(22)24(29)19-23(30)17-21-13-11-9-7-5-4-6-8-10-12-14-21/h18,21,24H,4-17,19-20H2,1-3H3/q+1/t24-/m1/s1. The Morgan fingerprint density at radius 2 is 1.61 bits per heavy atom. The highest BCUT2D eigenvalue weighted by Gasteiger charge is 2.42. The number of ketones is 1. The molecule has 0 aromatic heterocycles. The number of nitrogens with zero attached hydrogens (tertiary/aromatic N) is 1.